The Balaban J connectivity index is 2.23. The maximum absolute atomic E-state index is 4.59. The summed E-state index contributed by atoms with van der Waals surface area (Å²) in [6, 6.07) is 0. The molecule has 0 aliphatic heterocycles. The largest absolute Gasteiger partial charge is 0.370 e. The van der Waals surface area contributed by atoms with Crippen LogP contribution in [0.3, 0.4) is 0 Å². The molecule has 0 atom stereocenters. The summed E-state index contributed by atoms with van der Waals surface area (Å²) in [6.45, 7) is 9.77. The number of anilines is 2. The summed E-state index contributed by atoms with van der Waals surface area (Å²) < 4.78 is 0. The molecule has 1 aromatic rings. The van der Waals surface area contributed by atoms with Crippen LogP contribution in [0.4, 0.5) is 11.6 Å². The van der Waals surface area contributed by atoms with Crippen LogP contribution in [0.25, 0.3) is 0 Å². The molecule has 1 aliphatic rings. The first-order valence-corrected chi connectivity index (χ1v) is 8.12. The van der Waals surface area contributed by atoms with Crippen molar-refractivity contribution >= 4 is 11.6 Å². The predicted molar refractivity (Wildman–Crippen MR) is 85.4 cm³/mol. The molecule has 0 aromatic carbocycles. The molecule has 0 spiro atoms. The second kappa shape index (κ2) is 7.46. The Morgan fingerprint density at radius 2 is 2.00 bits per heavy atom. The number of hydrogen-bond donors (Lipinski definition) is 1. The first-order valence-electron chi connectivity index (χ1n) is 8.12. The molecule has 0 radical (unpaired) electrons. The number of nitrogens with zero attached hydrogens (tertiary/aromatic N) is 3. The van der Waals surface area contributed by atoms with Gasteiger partial charge in [-0.1, -0.05) is 20.3 Å². The van der Waals surface area contributed by atoms with Crippen LogP contribution >= 0.6 is 0 Å². The van der Waals surface area contributed by atoms with Gasteiger partial charge in [-0.15, -0.1) is 0 Å². The highest BCUT2D eigenvalue weighted by molar-refractivity contribution is 5.59. The molecule has 1 fully saturated rings. The Morgan fingerprint density at radius 1 is 1.20 bits per heavy atom. The van der Waals surface area contributed by atoms with E-state index in [4.69, 9.17) is 0 Å². The number of aromatic nitrogens is 2. The van der Waals surface area contributed by atoms with Crippen molar-refractivity contribution in [3.05, 3.63) is 11.9 Å². The van der Waals surface area contributed by atoms with Crippen LogP contribution in [0.2, 0.25) is 0 Å². The zero-order valence-electron chi connectivity index (χ0n) is 13.2. The van der Waals surface area contributed by atoms with Gasteiger partial charge in [0.1, 0.15) is 18.0 Å². The van der Waals surface area contributed by atoms with E-state index in [-0.39, 0.29) is 0 Å². The minimum absolute atomic E-state index is 0.881. The quantitative estimate of drug-likeness (QED) is 0.749. The van der Waals surface area contributed by atoms with Crippen molar-refractivity contribution in [3.63, 3.8) is 0 Å². The molecule has 0 unspecified atom stereocenters. The van der Waals surface area contributed by atoms with Crippen LogP contribution < -0.4 is 10.2 Å². The highest BCUT2D eigenvalue weighted by Crippen LogP contribution is 2.33. The van der Waals surface area contributed by atoms with E-state index in [0.717, 1.165) is 56.5 Å². The van der Waals surface area contributed by atoms with E-state index < -0.39 is 0 Å². The standard InChI is InChI=1S/C16H28N4/c1-4-7-14-15(17-10-5-2)18-12-19-16(14)20(6-3)11-13-8-9-13/h12-13H,4-11H2,1-3H3,(H,17,18,19). The van der Waals surface area contributed by atoms with Gasteiger partial charge in [0.25, 0.3) is 0 Å². The molecule has 1 aromatic heterocycles. The van der Waals surface area contributed by atoms with Gasteiger partial charge >= 0.3 is 0 Å². The molecule has 1 aliphatic carbocycles. The van der Waals surface area contributed by atoms with Crippen molar-refractivity contribution in [2.75, 3.05) is 29.9 Å². The van der Waals surface area contributed by atoms with Crippen LogP contribution in [0.5, 0.6) is 0 Å². The van der Waals surface area contributed by atoms with Crippen LogP contribution in [-0.2, 0) is 6.42 Å². The zero-order chi connectivity index (χ0) is 14.4. The lowest BCUT2D eigenvalue weighted by Gasteiger charge is -2.25. The average Bonchev–Trinajstić information content (AvgIpc) is 3.28. The molecular weight excluding hydrogens is 248 g/mol. The second-order valence-electron chi connectivity index (χ2n) is 5.68. The Labute approximate surface area is 123 Å². The Bertz CT molecular complexity index is 415. The second-order valence-corrected chi connectivity index (χ2v) is 5.68. The van der Waals surface area contributed by atoms with E-state index in [2.05, 4.69) is 41.0 Å². The average molecular weight is 276 g/mol. The van der Waals surface area contributed by atoms with Crippen molar-refractivity contribution in [2.45, 2.75) is 52.9 Å². The summed E-state index contributed by atoms with van der Waals surface area (Å²) in [5.74, 6) is 3.06. The maximum Gasteiger partial charge on any atom is 0.137 e. The molecule has 4 heteroatoms. The van der Waals surface area contributed by atoms with Gasteiger partial charge in [0.15, 0.2) is 0 Å². The third-order valence-electron chi connectivity index (χ3n) is 3.82. The third kappa shape index (κ3) is 3.84. The monoisotopic (exact) mass is 276 g/mol. The molecule has 20 heavy (non-hydrogen) atoms. The fourth-order valence-electron chi connectivity index (χ4n) is 2.53. The third-order valence-corrected chi connectivity index (χ3v) is 3.82. The summed E-state index contributed by atoms with van der Waals surface area (Å²) in [5, 5.41) is 3.46. The van der Waals surface area contributed by atoms with Gasteiger partial charge in [-0.25, -0.2) is 9.97 Å². The molecule has 1 heterocycles. The van der Waals surface area contributed by atoms with Gasteiger partial charge in [-0.05, 0) is 38.5 Å². The summed E-state index contributed by atoms with van der Waals surface area (Å²) in [6.07, 6.45) is 7.76. The number of nitrogens with one attached hydrogen (secondary N) is 1. The Kier molecular flexibility index (Phi) is 5.62. The van der Waals surface area contributed by atoms with E-state index in [1.54, 1.807) is 6.33 Å². The maximum atomic E-state index is 4.59. The predicted octanol–water partition coefficient (Wildman–Crippen LogP) is 3.49. The topological polar surface area (TPSA) is 41.1 Å². The van der Waals surface area contributed by atoms with Gasteiger partial charge in [-0.2, -0.15) is 0 Å². The van der Waals surface area contributed by atoms with E-state index in [1.165, 1.54) is 18.4 Å². The molecule has 0 amide bonds. The fraction of sp³-hybridized carbons (Fsp3) is 0.750. The van der Waals surface area contributed by atoms with Crippen LogP contribution in [0.1, 0.15) is 52.0 Å². The SMILES string of the molecule is CCCNc1ncnc(N(CC)CC2CC2)c1CCC. The van der Waals surface area contributed by atoms with E-state index in [9.17, 15) is 0 Å². The van der Waals surface area contributed by atoms with Gasteiger partial charge < -0.3 is 10.2 Å². The molecule has 2 rings (SSSR count). The van der Waals surface area contributed by atoms with Crippen molar-refractivity contribution in [3.8, 4) is 0 Å². The van der Waals surface area contributed by atoms with E-state index >= 15 is 0 Å². The lowest BCUT2D eigenvalue weighted by atomic mass is 10.1. The van der Waals surface area contributed by atoms with Crippen molar-refractivity contribution in [1.82, 2.24) is 9.97 Å². The summed E-state index contributed by atoms with van der Waals surface area (Å²) >= 11 is 0. The van der Waals surface area contributed by atoms with Crippen molar-refractivity contribution in [2.24, 2.45) is 5.92 Å². The minimum atomic E-state index is 0.881. The molecule has 112 valence electrons. The number of rotatable bonds is 9. The molecule has 1 saturated carbocycles. The summed E-state index contributed by atoms with van der Waals surface area (Å²) in [4.78, 5) is 11.5. The van der Waals surface area contributed by atoms with Crippen LogP contribution in [0.15, 0.2) is 6.33 Å². The fourth-order valence-corrected chi connectivity index (χ4v) is 2.53. The Morgan fingerprint density at radius 3 is 2.60 bits per heavy atom. The highest BCUT2D eigenvalue weighted by Gasteiger charge is 2.26. The zero-order valence-corrected chi connectivity index (χ0v) is 13.2. The lowest BCUT2D eigenvalue weighted by molar-refractivity contribution is 0.721. The van der Waals surface area contributed by atoms with Gasteiger partial charge in [0.2, 0.25) is 0 Å². The first kappa shape index (κ1) is 15.1. The first-order chi connectivity index (χ1) is 9.80. The van der Waals surface area contributed by atoms with Crippen LogP contribution in [-0.4, -0.2) is 29.6 Å². The molecular formula is C16H28N4. The van der Waals surface area contributed by atoms with Crippen LogP contribution in [0, 0.1) is 5.92 Å². The molecule has 0 bridgehead atoms. The Hall–Kier alpha value is -1.32. The minimum Gasteiger partial charge on any atom is -0.370 e. The van der Waals surface area contributed by atoms with Gasteiger partial charge in [-0.3, -0.25) is 0 Å². The molecule has 4 nitrogen and oxygen atoms in total. The van der Waals surface area contributed by atoms with E-state index in [0.29, 0.717) is 0 Å². The highest BCUT2D eigenvalue weighted by atomic mass is 15.2. The number of hydrogen-bond acceptors (Lipinski definition) is 4. The van der Waals surface area contributed by atoms with Crippen molar-refractivity contribution < 1.29 is 0 Å². The van der Waals surface area contributed by atoms with Gasteiger partial charge in [0, 0.05) is 25.2 Å². The molecule has 0 saturated heterocycles. The normalized spacial score (nSPS) is 14.3. The van der Waals surface area contributed by atoms with Gasteiger partial charge in [0.05, 0.1) is 0 Å². The molecule has 1 N–H and O–H groups in total. The lowest BCUT2D eigenvalue weighted by Crippen LogP contribution is -2.28. The summed E-state index contributed by atoms with van der Waals surface area (Å²) in [7, 11) is 0. The van der Waals surface area contributed by atoms with Crippen molar-refractivity contribution in [1.29, 1.82) is 0 Å². The smallest absolute Gasteiger partial charge is 0.137 e. The van der Waals surface area contributed by atoms with E-state index in [1.807, 2.05) is 0 Å². The summed E-state index contributed by atoms with van der Waals surface area (Å²) in [5.41, 5.74) is 1.30.